The van der Waals surface area contributed by atoms with Crippen LogP contribution in [0.5, 0.6) is 5.75 Å². The van der Waals surface area contributed by atoms with E-state index in [0.717, 1.165) is 35.7 Å². The van der Waals surface area contributed by atoms with Crippen LogP contribution in [0.4, 0.5) is 11.4 Å². The van der Waals surface area contributed by atoms with Gasteiger partial charge in [0.15, 0.2) is 0 Å². The Morgan fingerprint density at radius 2 is 2.00 bits per heavy atom. The standard InChI is InChI=1S/C16H20N2O/c1-12-6-7-14(11-16(12)17)18-9-8-13-4-3-5-15(10-13)19-2/h3-7,10-11,18H,8-9,17H2,1-2H3. The molecule has 0 aliphatic carbocycles. The number of hydrogen-bond donors (Lipinski definition) is 2. The molecule has 0 bridgehead atoms. The van der Waals surface area contributed by atoms with E-state index in [4.69, 9.17) is 10.5 Å². The molecule has 0 saturated heterocycles. The second-order valence-electron chi connectivity index (χ2n) is 4.60. The Morgan fingerprint density at radius 1 is 1.16 bits per heavy atom. The summed E-state index contributed by atoms with van der Waals surface area (Å²) >= 11 is 0. The highest BCUT2D eigenvalue weighted by Crippen LogP contribution is 2.17. The smallest absolute Gasteiger partial charge is 0.119 e. The number of methoxy groups -OCH3 is 1. The van der Waals surface area contributed by atoms with E-state index >= 15 is 0 Å². The van der Waals surface area contributed by atoms with E-state index in [1.54, 1.807) is 7.11 Å². The summed E-state index contributed by atoms with van der Waals surface area (Å²) in [5, 5.41) is 3.38. The van der Waals surface area contributed by atoms with Crippen LogP contribution >= 0.6 is 0 Å². The van der Waals surface area contributed by atoms with Crippen LogP contribution in [-0.2, 0) is 6.42 Å². The minimum atomic E-state index is 0.825. The van der Waals surface area contributed by atoms with Crippen LogP contribution in [0.1, 0.15) is 11.1 Å². The predicted molar refractivity (Wildman–Crippen MR) is 80.8 cm³/mol. The van der Waals surface area contributed by atoms with E-state index in [0.29, 0.717) is 0 Å². The highest BCUT2D eigenvalue weighted by Gasteiger charge is 1.98. The SMILES string of the molecule is COc1cccc(CCNc2ccc(C)c(N)c2)c1. The van der Waals surface area contributed by atoms with Gasteiger partial charge < -0.3 is 15.8 Å². The minimum absolute atomic E-state index is 0.825. The molecule has 19 heavy (non-hydrogen) atoms. The van der Waals surface area contributed by atoms with E-state index in [9.17, 15) is 0 Å². The molecule has 100 valence electrons. The number of hydrogen-bond acceptors (Lipinski definition) is 3. The van der Waals surface area contributed by atoms with Crippen LogP contribution in [0.25, 0.3) is 0 Å². The Balaban J connectivity index is 1.90. The summed E-state index contributed by atoms with van der Waals surface area (Å²) in [5.41, 5.74) is 10.1. The zero-order chi connectivity index (χ0) is 13.7. The number of ether oxygens (including phenoxy) is 1. The Kier molecular flexibility index (Phi) is 4.29. The molecule has 0 fully saturated rings. The Labute approximate surface area is 114 Å². The van der Waals surface area contributed by atoms with Gasteiger partial charge in [0.2, 0.25) is 0 Å². The number of aryl methyl sites for hydroxylation is 1. The number of anilines is 2. The van der Waals surface area contributed by atoms with Gasteiger partial charge in [-0.2, -0.15) is 0 Å². The minimum Gasteiger partial charge on any atom is -0.497 e. The molecular weight excluding hydrogens is 236 g/mol. The second-order valence-corrected chi connectivity index (χ2v) is 4.60. The lowest BCUT2D eigenvalue weighted by Crippen LogP contribution is -2.05. The predicted octanol–water partition coefficient (Wildman–Crippen LogP) is 3.24. The van der Waals surface area contributed by atoms with Crippen LogP contribution in [0.15, 0.2) is 42.5 Å². The molecule has 2 aromatic carbocycles. The fourth-order valence-corrected chi connectivity index (χ4v) is 1.93. The van der Waals surface area contributed by atoms with Crippen LogP contribution in [0.3, 0.4) is 0 Å². The summed E-state index contributed by atoms with van der Waals surface area (Å²) in [5.74, 6) is 0.900. The summed E-state index contributed by atoms with van der Waals surface area (Å²) < 4.78 is 5.21. The molecular formula is C16H20N2O. The third kappa shape index (κ3) is 3.65. The number of nitrogens with one attached hydrogen (secondary N) is 1. The van der Waals surface area contributed by atoms with Crippen molar-refractivity contribution < 1.29 is 4.74 Å². The van der Waals surface area contributed by atoms with Crippen molar-refractivity contribution in [2.45, 2.75) is 13.3 Å². The number of nitrogen functional groups attached to an aromatic ring is 1. The molecule has 0 spiro atoms. The van der Waals surface area contributed by atoms with Crippen molar-refractivity contribution in [3.05, 3.63) is 53.6 Å². The summed E-state index contributed by atoms with van der Waals surface area (Å²) in [6.07, 6.45) is 0.949. The topological polar surface area (TPSA) is 47.3 Å². The molecule has 0 radical (unpaired) electrons. The van der Waals surface area contributed by atoms with Gasteiger partial charge in [-0.15, -0.1) is 0 Å². The lowest BCUT2D eigenvalue weighted by molar-refractivity contribution is 0.414. The first-order valence-electron chi connectivity index (χ1n) is 6.42. The van der Waals surface area contributed by atoms with E-state index in [1.807, 2.05) is 31.2 Å². The molecule has 3 nitrogen and oxygen atoms in total. The number of benzene rings is 2. The average molecular weight is 256 g/mol. The molecule has 0 atom stereocenters. The van der Waals surface area contributed by atoms with E-state index in [-0.39, 0.29) is 0 Å². The van der Waals surface area contributed by atoms with Gasteiger partial charge in [-0.05, 0) is 48.7 Å². The maximum atomic E-state index is 5.88. The van der Waals surface area contributed by atoms with Crippen molar-refractivity contribution in [1.29, 1.82) is 0 Å². The average Bonchev–Trinajstić information content (AvgIpc) is 2.43. The molecule has 3 heteroatoms. The second kappa shape index (κ2) is 6.14. The van der Waals surface area contributed by atoms with Crippen molar-refractivity contribution in [3.8, 4) is 5.75 Å². The first-order chi connectivity index (χ1) is 9.19. The van der Waals surface area contributed by atoms with Gasteiger partial charge in [0.25, 0.3) is 0 Å². The van der Waals surface area contributed by atoms with Crippen molar-refractivity contribution >= 4 is 11.4 Å². The monoisotopic (exact) mass is 256 g/mol. The molecule has 0 unspecified atom stereocenters. The van der Waals surface area contributed by atoms with Gasteiger partial charge in [-0.3, -0.25) is 0 Å². The van der Waals surface area contributed by atoms with Crippen molar-refractivity contribution in [2.75, 3.05) is 24.7 Å². The Morgan fingerprint density at radius 3 is 2.74 bits per heavy atom. The molecule has 0 amide bonds. The Hall–Kier alpha value is -2.16. The van der Waals surface area contributed by atoms with Crippen LogP contribution in [-0.4, -0.2) is 13.7 Å². The maximum Gasteiger partial charge on any atom is 0.119 e. The van der Waals surface area contributed by atoms with Gasteiger partial charge in [-0.25, -0.2) is 0 Å². The normalized spacial score (nSPS) is 10.2. The van der Waals surface area contributed by atoms with Gasteiger partial charge in [0.05, 0.1) is 7.11 Å². The highest BCUT2D eigenvalue weighted by molar-refractivity contribution is 5.58. The lowest BCUT2D eigenvalue weighted by Gasteiger charge is -2.09. The zero-order valence-corrected chi connectivity index (χ0v) is 11.4. The fraction of sp³-hybridized carbons (Fsp3) is 0.250. The molecule has 0 aliphatic heterocycles. The summed E-state index contributed by atoms with van der Waals surface area (Å²) in [6, 6.07) is 14.2. The van der Waals surface area contributed by atoms with Crippen molar-refractivity contribution in [1.82, 2.24) is 0 Å². The number of nitrogens with two attached hydrogens (primary N) is 1. The summed E-state index contributed by atoms with van der Waals surface area (Å²) in [6.45, 7) is 2.88. The molecule has 0 aromatic heterocycles. The van der Waals surface area contributed by atoms with Crippen molar-refractivity contribution in [3.63, 3.8) is 0 Å². The maximum absolute atomic E-state index is 5.88. The third-order valence-electron chi connectivity index (χ3n) is 3.16. The highest BCUT2D eigenvalue weighted by atomic mass is 16.5. The Bertz CT molecular complexity index is 552. The van der Waals surface area contributed by atoms with Crippen molar-refractivity contribution in [2.24, 2.45) is 0 Å². The van der Waals surface area contributed by atoms with E-state index in [2.05, 4.69) is 23.5 Å². The summed E-state index contributed by atoms with van der Waals surface area (Å²) in [7, 11) is 1.69. The fourth-order valence-electron chi connectivity index (χ4n) is 1.93. The molecule has 2 rings (SSSR count). The number of rotatable bonds is 5. The molecule has 3 N–H and O–H groups in total. The van der Waals surface area contributed by atoms with Gasteiger partial charge in [0.1, 0.15) is 5.75 Å². The van der Waals surface area contributed by atoms with E-state index in [1.165, 1.54) is 5.56 Å². The molecule has 2 aromatic rings. The lowest BCUT2D eigenvalue weighted by atomic mass is 10.1. The molecule has 0 heterocycles. The summed E-state index contributed by atoms with van der Waals surface area (Å²) in [4.78, 5) is 0. The quantitative estimate of drug-likeness (QED) is 0.807. The first kappa shape index (κ1) is 13.3. The van der Waals surface area contributed by atoms with Gasteiger partial charge in [-0.1, -0.05) is 18.2 Å². The third-order valence-corrected chi connectivity index (χ3v) is 3.16. The first-order valence-corrected chi connectivity index (χ1v) is 6.42. The zero-order valence-electron chi connectivity index (χ0n) is 11.4. The largest absolute Gasteiger partial charge is 0.497 e. The van der Waals surface area contributed by atoms with Gasteiger partial charge >= 0.3 is 0 Å². The van der Waals surface area contributed by atoms with Gasteiger partial charge in [0, 0.05) is 17.9 Å². The van der Waals surface area contributed by atoms with Crippen LogP contribution < -0.4 is 15.8 Å². The van der Waals surface area contributed by atoms with Crippen LogP contribution in [0.2, 0.25) is 0 Å². The van der Waals surface area contributed by atoms with Crippen LogP contribution in [0, 0.1) is 6.92 Å². The van der Waals surface area contributed by atoms with E-state index < -0.39 is 0 Å². The molecule has 0 saturated carbocycles. The molecule has 0 aliphatic rings.